The third-order valence-electron chi connectivity index (χ3n) is 3.04. The van der Waals surface area contributed by atoms with Crippen LogP contribution in [0.4, 0.5) is 5.69 Å². The molecule has 0 N–H and O–H groups in total. The van der Waals surface area contributed by atoms with Gasteiger partial charge < -0.3 is 4.90 Å². The molecule has 19 heavy (non-hydrogen) atoms. The normalized spacial score (nSPS) is 10.9. The van der Waals surface area contributed by atoms with E-state index in [9.17, 15) is 0 Å². The molecule has 0 aliphatic heterocycles. The van der Waals surface area contributed by atoms with Crippen LogP contribution in [0.15, 0.2) is 53.5 Å². The van der Waals surface area contributed by atoms with E-state index in [0.717, 1.165) is 12.1 Å². The molecule has 0 spiro atoms. The Morgan fingerprint density at radius 2 is 1.58 bits per heavy atom. The lowest BCUT2D eigenvalue weighted by atomic mass is 10.1. The summed E-state index contributed by atoms with van der Waals surface area (Å²) in [6.45, 7) is 2.83. The molecule has 0 heterocycles. The fourth-order valence-corrected chi connectivity index (χ4v) is 1.81. The van der Waals surface area contributed by atoms with Crippen LogP contribution in [0, 0.1) is 6.92 Å². The zero-order valence-electron chi connectivity index (χ0n) is 11.8. The van der Waals surface area contributed by atoms with E-state index in [4.69, 9.17) is 0 Å². The predicted molar refractivity (Wildman–Crippen MR) is 83.2 cm³/mol. The maximum atomic E-state index is 4.48. The number of rotatable bonds is 4. The lowest BCUT2D eigenvalue weighted by Gasteiger charge is -2.11. The summed E-state index contributed by atoms with van der Waals surface area (Å²) in [7, 11) is 4.08. The molecule has 0 aliphatic carbocycles. The van der Waals surface area contributed by atoms with Crippen LogP contribution in [0.5, 0.6) is 0 Å². The van der Waals surface area contributed by atoms with E-state index in [1.807, 2.05) is 20.3 Å². The van der Waals surface area contributed by atoms with E-state index >= 15 is 0 Å². The molecule has 0 saturated carbocycles. The van der Waals surface area contributed by atoms with Crippen LogP contribution in [-0.4, -0.2) is 20.3 Å². The fraction of sp³-hybridized carbons (Fsp3) is 0.235. The minimum atomic E-state index is 0.732. The van der Waals surface area contributed by atoms with E-state index < -0.39 is 0 Å². The summed E-state index contributed by atoms with van der Waals surface area (Å²) < 4.78 is 0. The fourth-order valence-electron chi connectivity index (χ4n) is 1.81. The van der Waals surface area contributed by atoms with Gasteiger partial charge in [0, 0.05) is 26.0 Å². The van der Waals surface area contributed by atoms with Gasteiger partial charge in [0.1, 0.15) is 0 Å². The van der Waals surface area contributed by atoms with E-state index in [-0.39, 0.29) is 0 Å². The van der Waals surface area contributed by atoms with Crippen LogP contribution >= 0.6 is 0 Å². The Balaban J connectivity index is 1.97. The molecule has 0 saturated heterocycles. The summed E-state index contributed by atoms with van der Waals surface area (Å²) >= 11 is 0. The smallest absolute Gasteiger partial charge is 0.0639 e. The molecule has 2 aromatic rings. The molecule has 0 atom stereocenters. The van der Waals surface area contributed by atoms with Crippen molar-refractivity contribution in [2.24, 2.45) is 4.99 Å². The average Bonchev–Trinajstić information content (AvgIpc) is 2.41. The molecule has 2 rings (SSSR count). The van der Waals surface area contributed by atoms with E-state index in [2.05, 4.69) is 65.3 Å². The molecular weight excluding hydrogens is 232 g/mol. The first-order valence-electron chi connectivity index (χ1n) is 6.48. The first-order valence-corrected chi connectivity index (χ1v) is 6.48. The second-order valence-electron chi connectivity index (χ2n) is 4.94. The highest BCUT2D eigenvalue weighted by molar-refractivity contribution is 5.80. The van der Waals surface area contributed by atoms with Crippen LogP contribution in [0.2, 0.25) is 0 Å². The van der Waals surface area contributed by atoms with Gasteiger partial charge in [-0.25, -0.2) is 0 Å². The van der Waals surface area contributed by atoms with Crippen LogP contribution in [0.1, 0.15) is 16.7 Å². The molecule has 0 fully saturated rings. The van der Waals surface area contributed by atoms with Gasteiger partial charge in [-0.1, -0.05) is 42.0 Å². The van der Waals surface area contributed by atoms with Crippen LogP contribution in [0.3, 0.4) is 0 Å². The Hall–Kier alpha value is -2.09. The molecular formula is C17H20N2. The van der Waals surface area contributed by atoms with Crippen LogP contribution < -0.4 is 4.90 Å². The van der Waals surface area contributed by atoms with Gasteiger partial charge in [0.05, 0.1) is 6.54 Å². The predicted octanol–water partition coefficient (Wildman–Crippen LogP) is 3.68. The number of hydrogen-bond donors (Lipinski definition) is 0. The molecule has 0 amide bonds. The van der Waals surface area contributed by atoms with Crippen molar-refractivity contribution in [2.45, 2.75) is 13.5 Å². The number of anilines is 1. The molecule has 98 valence electrons. The lowest BCUT2D eigenvalue weighted by molar-refractivity contribution is 1.07. The van der Waals surface area contributed by atoms with Gasteiger partial charge in [-0.05, 0) is 30.2 Å². The molecule has 0 aliphatic rings. The maximum absolute atomic E-state index is 4.48. The van der Waals surface area contributed by atoms with Gasteiger partial charge in [-0.15, -0.1) is 0 Å². The number of aliphatic imine (C=N–C) groups is 1. The zero-order chi connectivity index (χ0) is 13.7. The Morgan fingerprint density at radius 3 is 2.16 bits per heavy atom. The molecule has 0 unspecified atom stereocenters. The van der Waals surface area contributed by atoms with Crippen LogP contribution in [-0.2, 0) is 6.54 Å². The largest absolute Gasteiger partial charge is 0.378 e. The Kier molecular flexibility index (Phi) is 4.35. The summed E-state index contributed by atoms with van der Waals surface area (Å²) in [5.41, 5.74) is 4.87. The second-order valence-corrected chi connectivity index (χ2v) is 4.94. The first-order chi connectivity index (χ1) is 9.15. The topological polar surface area (TPSA) is 15.6 Å². The van der Waals surface area contributed by atoms with Crippen molar-refractivity contribution in [3.05, 3.63) is 65.2 Å². The molecule has 0 radical (unpaired) electrons. The standard InChI is InChI=1S/C17H20N2/c1-14-4-6-15(7-5-14)12-18-13-16-8-10-17(11-9-16)19(2)3/h4-11,13H,12H2,1-3H3. The Morgan fingerprint density at radius 1 is 0.947 bits per heavy atom. The maximum Gasteiger partial charge on any atom is 0.0639 e. The number of benzene rings is 2. The van der Waals surface area contributed by atoms with Crippen molar-refractivity contribution < 1.29 is 0 Å². The summed E-state index contributed by atoms with van der Waals surface area (Å²) in [5, 5.41) is 0. The summed E-state index contributed by atoms with van der Waals surface area (Å²) in [4.78, 5) is 6.57. The van der Waals surface area contributed by atoms with E-state index in [1.54, 1.807) is 0 Å². The highest BCUT2D eigenvalue weighted by Crippen LogP contribution is 2.11. The number of hydrogen-bond acceptors (Lipinski definition) is 2. The monoisotopic (exact) mass is 252 g/mol. The van der Waals surface area contributed by atoms with Gasteiger partial charge in [0.15, 0.2) is 0 Å². The minimum absolute atomic E-state index is 0.732. The van der Waals surface area contributed by atoms with Gasteiger partial charge in [-0.3, -0.25) is 4.99 Å². The molecule has 0 aromatic heterocycles. The SMILES string of the molecule is Cc1ccc(CN=Cc2ccc(N(C)C)cc2)cc1. The number of nitrogens with zero attached hydrogens (tertiary/aromatic N) is 2. The number of aryl methyl sites for hydroxylation is 1. The average molecular weight is 252 g/mol. The first kappa shape index (κ1) is 13.3. The van der Waals surface area contributed by atoms with Crippen molar-refractivity contribution in [3.8, 4) is 0 Å². The Bertz CT molecular complexity index is 536. The molecule has 2 nitrogen and oxygen atoms in total. The van der Waals surface area contributed by atoms with Crippen molar-refractivity contribution >= 4 is 11.9 Å². The van der Waals surface area contributed by atoms with Crippen molar-refractivity contribution in [1.29, 1.82) is 0 Å². The van der Waals surface area contributed by atoms with Gasteiger partial charge >= 0.3 is 0 Å². The quantitative estimate of drug-likeness (QED) is 0.758. The molecule has 0 bridgehead atoms. The van der Waals surface area contributed by atoms with Crippen molar-refractivity contribution in [1.82, 2.24) is 0 Å². The zero-order valence-corrected chi connectivity index (χ0v) is 11.8. The Labute approximate surface area is 115 Å². The van der Waals surface area contributed by atoms with Crippen molar-refractivity contribution in [2.75, 3.05) is 19.0 Å². The highest BCUT2D eigenvalue weighted by atomic mass is 15.1. The highest BCUT2D eigenvalue weighted by Gasteiger charge is 1.94. The van der Waals surface area contributed by atoms with E-state index in [1.165, 1.54) is 16.8 Å². The lowest BCUT2D eigenvalue weighted by Crippen LogP contribution is -2.08. The van der Waals surface area contributed by atoms with E-state index in [0.29, 0.717) is 0 Å². The summed E-state index contributed by atoms with van der Waals surface area (Å²) in [5.74, 6) is 0. The van der Waals surface area contributed by atoms with Crippen molar-refractivity contribution in [3.63, 3.8) is 0 Å². The van der Waals surface area contributed by atoms with Gasteiger partial charge in [0.2, 0.25) is 0 Å². The molecule has 2 heteroatoms. The molecule has 2 aromatic carbocycles. The summed E-state index contributed by atoms with van der Waals surface area (Å²) in [6, 6.07) is 16.9. The van der Waals surface area contributed by atoms with Crippen LogP contribution in [0.25, 0.3) is 0 Å². The van der Waals surface area contributed by atoms with Gasteiger partial charge in [0.25, 0.3) is 0 Å². The minimum Gasteiger partial charge on any atom is -0.378 e. The van der Waals surface area contributed by atoms with Gasteiger partial charge in [-0.2, -0.15) is 0 Å². The third kappa shape index (κ3) is 3.95. The summed E-state index contributed by atoms with van der Waals surface area (Å²) in [6.07, 6.45) is 1.93. The third-order valence-corrected chi connectivity index (χ3v) is 3.04. The second kappa shape index (κ2) is 6.19.